The SMILES string of the molecule is O=C(Cc1cc(Cl)c2c(c1)OCCO2)OCc1csc(-c2ccc(F)cc2)n1. The minimum atomic E-state index is -0.399. The van der Waals surface area contributed by atoms with Crippen LogP contribution in [0.2, 0.25) is 5.02 Å². The number of ether oxygens (including phenoxy) is 3. The van der Waals surface area contributed by atoms with E-state index in [0.29, 0.717) is 41.0 Å². The first-order chi connectivity index (χ1) is 13.6. The standard InChI is InChI=1S/C20H15ClFNO4S/c21-16-7-12(8-17-19(16)26-6-5-25-17)9-18(24)27-10-15-11-28-20(23-15)13-1-3-14(22)4-2-13/h1-4,7-8,11H,5-6,9-10H2. The molecule has 1 aliphatic heterocycles. The minimum Gasteiger partial charge on any atom is -0.486 e. The smallest absolute Gasteiger partial charge is 0.310 e. The Hall–Kier alpha value is -2.64. The quantitative estimate of drug-likeness (QED) is 0.563. The zero-order chi connectivity index (χ0) is 19.5. The molecule has 0 fully saturated rings. The molecule has 4 rings (SSSR count). The van der Waals surface area contributed by atoms with Gasteiger partial charge in [-0.1, -0.05) is 11.6 Å². The molecule has 0 bridgehead atoms. The van der Waals surface area contributed by atoms with Gasteiger partial charge in [-0.05, 0) is 42.0 Å². The highest BCUT2D eigenvalue weighted by Gasteiger charge is 2.18. The van der Waals surface area contributed by atoms with E-state index in [0.717, 1.165) is 10.6 Å². The lowest BCUT2D eigenvalue weighted by atomic mass is 10.1. The van der Waals surface area contributed by atoms with Crippen molar-refractivity contribution in [2.45, 2.75) is 13.0 Å². The van der Waals surface area contributed by atoms with Gasteiger partial charge in [0.25, 0.3) is 0 Å². The summed E-state index contributed by atoms with van der Waals surface area (Å²) in [5.74, 6) is 0.337. The summed E-state index contributed by atoms with van der Waals surface area (Å²) in [4.78, 5) is 16.6. The molecule has 1 aromatic heterocycles. The van der Waals surface area contributed by atoms with Crippen molar-refractivity contribution in [3.05, 3.63) is 63.9 Å². The first-order valence-electron chi connectivity index (χ1n) is 8.52. The van der Waals surface area contributed by atoms with Crippen LogP contribution in [0, 0.1) is 5.82 Å². The lowest BCUT2D eigenvalue weighted by Gasteiger charge is -2.20. The van der Waals surface area contributed by atoms with Gasteiger partial charge in [0.2, 0.25) is 0 Å². The number of aromatic nitrogens is 1. The minimum absolute atomic E-state index is 0.0608. The summed E-state index contributed by atoms with van der Waals surface area (Å²) in [6.45, 7) is 0.952. The van der Waals surface area contributed by atoms with Crippen LogP contribution in [0.25, 0.3) is 10.6 Å². The zero-order valence-corrected chi connectivity index (χ0v) is 16.2. The van der Waals surface area contributed by atoms with Crippen LogP contribution >= 0.6 is 22.9 Å². The van der Waals surface area contributed by atoms with Crippen LogP contribution in [0.15, 0.2) is 41.8 Å². The number of rotatable bonds is 5. The topological polar surface area (TPSA) is 57.7 Å². The Bertz CT molecular complexity index is 1010. The third kappa shape index (κ3) is 4.26. The van der Waals surface area contributed by atoms with Gasteiger partial charge < -0.3 is 14.2 Å². The second-order valence-corrected chi connectivity index (χ2v) is 7.36. The van der Waals surface area contributed by atoms with Gasteiger partial charge in [0, 0.05) is 10.9 Å². The van der Waals surface area contributed by atoms with Crippen molar-refractivity contribution in [2.75, 3.05) is 13.2 Å². The first kappa shape index (κ1) is 18.7. The fraction of sp³-hybridized carbons (Fsp3) is 0.200. The summed E-state index contributed by atoms with van der Waals surface area (Å²) in [5.41, 5.74) is 2.14. The van der Waals surface area contributed by atoms with Crippen molar-refractivity contribution in [1.82, 2.24) is 4.98 Å². The molecule has 3 aromatic rings. The van der Waals surface area contributed by atoms with Gasteiger partial charge >= 0.3 is 5.97 Å². The van der Waals surface area contributed by atoms with E-state index in [1.54, 1.807) is 24.3 Å². The van der Waals surface area contributed by atoms with E-state index in [2.05, 4.69) is 4.98 Å². The Morgan fingerprint density at radius 1 is 1.21 bits per heavy atom. The number of esters is 1. The number of carbonyl (C=O) groups excluding carboxylic acids is 1. The zero-order valence-electron chi connectivity index (χ0n) is 14.6. The number of hydrogen-bond acceptors (Lipinski definition) is 6. The fourth-order valence-corrected chi connectivity index (χ4v) is 3.84. The fourth-order valence-electron chi connectivity index (χ4n) is 2.74. The third-order valence-electron chi connectivity index (χ3n) is 4.03. The van der Waals surface area contributed by atoms with Crippen molar-refractivity contribution in [2.24, 2.45) is 0 Å². The van der Waals surface area contributed by atoms with Gasteiger partial charge in [0.15, 0.2) is 11.5 Å². The molecule has 0 aliphatic carbocycles. The largest absolute Gasteiger partial charge is 0.486 e. The van der Waals surface area contributed by atoms with E-state index in [-0.39, 0.29) is 18.8 Å². The maximum atomic E-state index is 13.0. The van der Waals surface area contributed by atoms with Gasteiger partial charge in [-0.15, -0.1) is 11.3 Å². The summed E-state index contributed by atoms with van der Waals surface area (Å²) in [6, 6.07) is 9.50. The molecule has 0 spiro atoms. The van der Waals surface area contributed by atoms with Gasteiger partial charge in [-0.2, -0.15) is 0 Å². The Kier molecular flexibility index (Phi) is 5.45. The summed E-state index contributed by atoms with van der Waals surface area (Å²) in [7, 11) is 0. The molecule has 0 amide bonds. The third-order valence-corrected chi connectivity index (χ3v) is 5.25. The predicted molar refractivity (Wildman–Crippen MR) is 103 cm³/mol. The van der Waals surface area contributed by atoms with Crippen molar-refractivity contribution in [3.63, 3.8) is 0 Å². The Balaban J connectivity index is 1.36. The van der Waals surface area contributed by atoms with E-state index >= 15 is 0 Å². The van der Waals surface area contributed by atoms with Crippen LogP contribution in [-0.2, 0) is 22.6 Å². The van der Waals surface area contributed by atoms with Gasteiger partial charge in [0.05, 0.1) is 17.1 Å². The van der Waals surface area contributed by atoms with Crippen LogP contribution in [0.5, 0.6) is 11.5 Å². The monoisotopic (exact) mass is 419 g/mol. The van der Waals surface area contributed by atoms with Crippen LogP contribution in [-0.4, -0.2) is 24.2 Å². The van der Waals surface area contributed by atoms with Crippen LogP contribution in [0.1, 0.15) is 11.3 Å². The van der Waals surface area contributed by atoms with Gasteiger partial charge in [0.1, 0.15) is 30.6 Å². The normalized spacial score (nSPS) is 12.6. The molecular formula is C20H15ClFNO4S. The lowest BCUT2D eigenvalue weighted by molar-refractivity contribution is -0.144. The van der Waals surface area contributed by atoms with E-state index in [1.165, 1.54) is 23.5 Å². The number of hydrogen-bond donors (Lipinski definition) is 0. The molecule has 0 atom stereocenters. The molecular weight excluding hydrogens is 405 g/mol. The number of halogens is 2. The molecule has 0 saturated heterocycles. The Morgan fingerprint density at radius 2 is 2.00 bits per heavy atom. The highest BCUT2D eigenvalue weighted by atomic mass is 35.5. The summed E-state index contributed by atoms with van der Waals surface area (Å²) < 4.78 is 29.3. The van der Waals surface area contributed by atoms with Crippen molar-refractivity contribution >= 4 is 28.9 Å². The number of fused-ring (bicyclic) bond motifs is 1. The van der Waals surface area contributed by atoms with Crippen molar-refractivity contribution in [3.8, 4) is 22.1 Å². The summed E-state index contributed by atoms with van der Waals surface area (Å²) >= 11 is 7.59. The number of nitrogens with zero attached hydrogens (tertiary/aromatic N) is 1. The Morgan fingerprint density at radius 3 is 2.82 bits per heavy atom. The molecule has 5 nitrogen and oxygen atoms in total. The van der Waals surface area contributed by atoms with E-state index < -0.39 is 5.97 Å². The predicted octanol–water partition coefficient (Wildman–Crippen LogP) is 4.66. The average molecular weight is 420 g/mol. The molecule has 2 heterocycles. The van der Waals surface area contributed by atoms with Crippen LogP contribution < -0.4 is 9.47 Å². The molecule has 28 heavy (non-hydrogen) atoms. The van der Waals surface area contributed by atoms with Crippen LogP contribution in [0.4, 0.5) is 4.39 Å². The second-order valence-electron chi connectivity index (χ2n) is 6.09. The number of thiazole rings is 1. The van der Waals surface area contributed by atoms with Crippen LogP contribution in [0.3, 0.4) is 0 Å². The summed E-state index contributed by atoms with van der Waals surface area (Å²) in [6.07, 6.45) is 0.0608. The van der Waals surface area contributed by atoms with E-state index in [4.69, 9.17) is 25.8 Å². The maximum absolute atomic E-state index is 13.0. The summed E-state index contributed by atoms with van der Waals surface area (Å²) in [5, 5.41) is 2.96. The Labute approximate surface area is 169 Å². The van der Waals surface area contributed by atoms with Crippen molar-refractivity contribution in [1.29, 1.82) is 0 Å². The highest BCUT2D eigenvalue weighted by Crippen LogP contribution is 2.38. The molecule has 0 radical (unpaired) electrons. The lowest BCUT2D eigenvalue weighted by Crippen LogP contribution is -2.16. The molecule has 1 aliphatic rings. The molecule has 0 unspecified atom stereocenters. The molecule has 2 aromatic carbocycles. The first-order valence-corrected chi connectivity index (χ1v) is 9.78. The van der Waals surface area contributed by atoms with E-state index in [9.17, 15) is 9.18 Å². The van der Waals surface area contributed by atoms with Gasteiger partial charge in [-0.3, -0.25) is 4.79 Å². The van der Waals surface area contributed by atoms with Crippen molar-refractivity contribution < 1.29 is 23.4 Å². The molecule has 144 valence electrons. The van der Waals surface area contributed by atoms with E-state index in [1.807, 2.05) is 5.38 Å². The van der Waals surface area contributed by atoms with Gasteiger partial charge in [-0.25, -0.2) is 9.37 Å². The molecule has 0 saturated carbocycles. The second kappa shape index (κ2) is 8.16. The molecule has 0 N–H and O–H groups in total. The maximum Gasteiger partial charge on any atom is 0.310 e. The number of carbonyl (C=O) groups is 1. The highest BCUT2D eigenvalue weighted by molar-refractivity contribution is 7.13. The molecule has 8 heteroatoms. The number of benzene rings is 2. The average Bonchev–Trinajstić information content (AvgIpc) is 3.16.